The lowest BCUT2D eigenvalue weighted by Crippen LogP contribution is -2.11. The van der Waals surface area contributed by atoms with E-state index in [0.717, 1.165) is 11.3 Å². The van der Waals surface area contributed by atoms with Crippen molar-refractivity contribution in [2.45, 2.75) is 11.1 Å². The minimum absolute atomic E-state index is 0.260. The lowest BCUT2D eigenvalue weighted by atomic mass is 10.3. The first-order valence-electron chi connectivity index (χ1n) is 8.18. The van der Waals surface area contributed by atoms with E-state index in [1.807, 2.05) is 0 Å². The van der Waals surface area contributed by atoms with Crippen molar-refractivity contribution in [3.8, 4) is 17.4 Å². The van der Waals surface area contributed by atoms with E-state index in [9.17, 15) is 8.42 Å². The van der Waals surface area contributed by atoms with Crippen molar-refractivity contribution >= 4 is 27.0 Å². The molecule has 142 valence electrons. The number of aromatic nitrogens is 4. The summed E-state index contributed by atoms with van der Waals surface area (Å²) in [5.41, 5.74) is 0.443. The minimum Gasteiger partial charge on any atom is -0.439 e. The molecule has 1 aromatic carbocycles. The molecule has 0 unspecified atom stereocenters. The maximum absolute atomic E-state index is 12.3. The zero-order chi connectivity index (χ0) is 19.6. The summed E-state index contributed by atoms with van der Waals surface area (Å²) in [6.07, 6.45) is 5.08. The predicted molar refractivity (Wildman–Crippen MR) is 106 cm³/mol. The van der Waals surface area contributed by atoms with Crippen molar-refractivity contribution in [3.05, 3.63) is 72.4 Å². The molecule has 1 N–H and O–H groups in total. The number of anilines is 1. The van der Waals surface area contributed by atoms with Gasteiger partial charge in [0.15, 0.2) is 0 Å². The molecule has 0 radical (unpaired) electrons. The number of hydrogen-bond acceptors (Lipinski definition) is 7. The topological polar surface area (TPSA) is 99.0 Å². The van der Waals surface area contributed by atoms with E-state index < -0.39 is 10.0 Å². The number of nitrogens with one attached hydrogen (secondary N) is 1. The Hall–Kier alpha value is -3.24. The zero-order valence-electron chi connectivity index (χ0n) is 14.7. The van der Waals surface area contributed by atoms with Gasteiger partial charge in [0.2, 0.25) is 5.88 Å². The molecule has 0 atom stereocenters. The van der Waals surface area contributed by atoms with E-state index in [2.05, 4.69) is 19.7 Å². The molecule has 28 heavy (non-hydrogen) atoms. The van der Waals surface area contributed by atoms with Crippen LogP contribution in [0.15, 0.2) is 70.8 Å². The molecule has 0 saturated heterocycles. The number of imidazole rings is 1. The predicted octanol–water partition coefficient (Wildman–Crippen LogP) is 3.63. The SMILES string of the molecule is Cc1nc(Oc2ccc(NS(=O)(=O)c3cccs3)cc2)cc(-n2ccnc2)n1. The molecular weight excluding hydrogens is 398 g/mol. The summed E-state index contributed by atoms with van der Waals surface area (Å²) < 4.78 is 34.9. The molecule has 0 saturated carbocycles. The summed E-state index contributed by atoms with van der Waals surface area (Å²) in [6, 6.07) is 11.5. The van der Waals surface area contributed by atoms with Crippen molar-refractivity contribution in [2.75, 3.05) is 4.72 Å². The Kier molecular flexibility index (Phi) is 4.80. The second-order valence-corrected chi connectivity index (χ2v) is 8.60. The van der Waals surface area contributed by atoms with Crippen LogP contribution >= 0.6 is 11.3 Å². The highest BCUT2D eigenvalue weighted by atomic mass is 32.2. The average Bonchev–Trinajstić information content (AvgIpc) is 3.37. The number of nitrogens with zero attached hydrogens (tertiary/aromatic N) is 4. The highest BCUT2D eigenvalue weighted by molar-refractivity contribution is 7.94. The molecule has 0 aliphatic rings. The van der Waals surface area contributed by atoms with Crippen LogP contribution in [0.5, 0.6) is 11.6 Å². The van der Waals surface area contributed by atoms with Gasteiger partial charge in [-0.15, -0.1) is 11.3 Å². The number of hydrogen-bond donors (Lipinski definition) is 1. The molecule has 4 rings (SSSR count). The minimum atomic E-state index is -3.58. The van der Waals surface area contributed by atoms with Gasteiger partial charge >= 0.3 is 0 Å². The van der Waals surface area contributed by atoms with Crippen LogP contribution in [0.4, 0.5) is 5.69 Å². The van der Waals surface area contributed by atoms with E-state index in [-0.39, 0.29) is 4.21 Å². The lowest BCUT2D eigenvalue weighted by Gasteiger charge is -2.10. The molecular formula is C18H15N5O3S2. The van der Waals surface area contributed by atoms with Gasteiger partial charge in [0.25, 0.3) is 10.0 Å². The third-order valence-corrected chi connectivity index (χ3v) is 6.44. The number of ether oxygens (including phenoxy) is 1. The summed E-state index contributed by atoms with van der Waals surface area (Å²) in [5, 5.41) is 1.72. The lowest BCUT2D eigenvalue weighted by molar-refractivity contribution is 0.459. The first-order chi connectivity index (χ1) is 13.5. The molecule has 0 aliphatic heterocycles. The number of aryl methyl sites for hydroxylation is 1. The van der Waals surface area contributed by atoms with Crippen LogP contribution in [0.2, 0.25) is 0 Å². The van der Waals surface area contributed by atoms with Gasteiger partial charge in [-0.05, 0) is 42.6 Å². The standard InChI is InChI=1S/C18H15N5O3S2/c1-13-20-16(23-9-8-19-12-23)11-17(21-13)26-15-6-4-14(5-7-15)22-28(24,25)18-3-2-10-27-18/h2-12,22H,1H3. The second kappa shape index (κ2) is 7.41. The summed E-state index contributed by atoms with van der Waals surface area (Å²) >= 11 is 1.16. The molecule has 3 aromatic heterocycles. The highest BCUT2D eigenvalue weighted by Crippen LogP contribution is 2.25. The van der Waals surface area contributed by atoms with Gasteiger partial charge in [-0.2, -0.15) is 4.98 Å². The fourth-order valence-corrected chi connectivity index (χ4v) is 4.49. The Labute approximate surface area is 165 Å². The van der Waals surface area contributed by atoms with Crippen LogP contribution < -0.4 is 9.46 Å². The first-order valence-corrected chi connectivity index (χ1v) is 10.5. The first kappa shape index (κ1) is 18.1. The molecule has 0 amide bonds. The normalized spacial score (nSPS) is 11.3. The Morgan fingerprint density at radius 2 is 1.96 bits per heavy atom. The largest absolute Gasteiger partial charge is 0.439 e. The second-order valence-electron chi connectivity index (χ2n) is 5.75. The van der Waals surface area contributed by atoms with Crippen LogP contribution in [0.3, 0.4) is 0 Å². The molecule has 0 spiro atoms. The molecule has 3 heterocycles. The monoisotopic (exact) mass is 413 g/mol. The zero-order valence-corrected chi connectivity index (χ0v) is 16.3. The van der Waals surface area contributed by atoms with E-state index >= 15 is 0 Å². The van der Waals surface area contributed by atoms with Crippen molar-refractivity contribution in [1.82, 2.24) is 19.5 Å². The summed E-state index contributed by atoms with van der Waals surface area (Å²) in [6.45, 7) is 1.77. The van der Waals surface area contributed by atoms with Crippen LogP contribution in [-0.4, -0.2) is 27.9 Å². The highest BCUT2D eigenvalue weighted by Gasteiger charge is 2.15. The smallest absolute Gasteiger partial charge is 0.271 e. The van der Waals surface area contributed by atoms with Crippen LogP contribution in [0.1, 0.15) is 5.82 Å². The summed E-state index contributed by atoms with van der Waals surface area (Å²) in [7, 11) is -3.58. The number of sulfonamides is 1. The molecule has 0 aliphatic carbocycles. The van der Waals surface area contributed by atoms with Crippen molar-refractivity contribution < 1.29 is 13.2 Å². The Morgan fingerprint density at radius 1 is 1.14 bits per heavy atom. The van der Waals surface area contributed by atoms with E-state index in [1.165, 1.54) is 0 Å². The van der Waals surface area contributed by atoms with Crippen LogP contribution in [0, 0.1) is 6.92 Å². The van der Waals surface area contributed by atoms with Crippen molar-refractivity contribution in [1.29, 1.82) is 0 Å². The van der Waals surface area contributed by atoms with Gasteiger partial charge in [-0.1, -0.05) is 6.07 Å². The Balaban J connectivity index is 1.51. The van der Waals surface area contributed by atoms with Gasteiger partial charge < -0.3 is 4.74 Å². The quantitative estimate of drug-likeness (QED) is 0.518. The van der Waals surface area contributed by atoms with Gasteiger partial charge in [-0.25, -0.2) is 18.4 Å². The Morgan fingerprint density at radius 3 is 2.64 bits per heavy atom. The van der Waals surface area contributed by atoms with Gasteiger partial charge in [0.1, 0.15) is 27.9 Å². The number of thiophene rings is 1. The fourth-order valence-electron chi connectivity index (χ4n) is 2.44. The number of benzene rings is 1. The van der Waals surface area contributed by atoms with Crippen molar-refractivity contribution in [3.63, 3.8) is 0 Å². The molecule has 0 fully saturated rings. The van der Waals surface area contributed by atoms with Gasteiger partial charge in [-0.3, -0.25) is 9.29 Å². The summed E-state index contributed by atoms with van der Waals surface area (Å²) in [4.78, 5) is 12.6. The molecule has 8 nitrogen and oxygen atoms in total. The van der Waals surface area contributed by atoms with Crippen LogP contribution in [0.25, 0.3) is 5.82 Å². The third-order valence-electron chi connectivity index (χ3n) is 3.66. The van der Waals surface area contributed by atoms with Gasteiger partial charge in [0, 0.05) is 24.1 Å². The number of rotatable bonds is 6. The van der Waals surface area contributed by atoms with Crippen LogP contribution in [-0.2, 0) is 10.0 Å². The molecule has 0 bridgehead atoms. The van der Waals surface area contributed by atoms with E-state index in [0.29, 0.717) is 29.0 Å². The van der Waals surface area contributed by atoms with Crippen molar-refractivity contribution in [2.24, 2.45) is 0 Å². The third kappa shape index (κ3) is 4.02. The fraction of sp³-hybridized carbons (Fsp3) is 0.0556. The molecule has 4 aromatic rings. The summed E-state index contributed by atoms with van der Waals surface area (Å²) in [5.74, 6) is 2.10. The average molecular weight is 413 g/mol. The van der Waals surface area contributed by atoms with E-state index in [4.69, 9.17) is 4.74 Å². The maximum Gasteiger partial charge on any atom is 0.271 e. The van der Waals surface area contributed by atoms with E-state index in [1.54, 1.807) is 78.1 Å². The van der Waals surface area contributed by atoms with Gasteiger partial charge in [0.05, 0.1) is 0 Å². The Bertz CT molecular complexity index is 1170. The maximum atomic E-state index is 12.3. The molecule has 10 heteroatoms.